The van der Waals surface area contributed by atoms with Crippen LogP contribution in [0.5, 0.6) is 5.75 Å². The van der Waals surface area contributed by atoms with Crippen LogP contribution in [0.4, 0.5) is 0 Å². The summed E-state index contributed by atoms with van der Waals surface area (Å²) in [6.45, 7) is 4.09. The summed E-state index contributed by atoms with van der Waals surface area (Å²) in [7, 11) is 1.71. The lowest BCUT2D eigenvalue weighted by molar-refractivity contribution is -0.136. The van der Waals surface area contributed by atoms with Gasteiger partial charge in [0.2, 0.25) is 5.91 Å². The van der Waals surface area contributed by atoms with E-state index in [1.165, 1.54) is 45.2 Å². The molecule has 0 unspecified atom stereocenters. The SMILES string of the molecule is COc1cccc2c1ccn2CCC(=O)N1CCCC2=C[C@H]3C[C@H](CN4CCCC[C@@H]34)[C@@H]21. The van der Waals surface area contributed by atoms with Gasteiger partial charge in [-0.1, -0.05) is 24.1 Å². The lowest BCUT2D eigenvalue weighted by Gasteiger charge is -2.54. The Kier molecular flexibility index (Phi) is 5.25. The van der Waals surface area contributed by atoms with Gasteiger partial charge in [0.1, 0.15) is 5.75 Å². The third-order valence-corrected chi connectivity index (χ3v) is 8.54. The quantitative estimate of drug-likeness (QED) is 0.668. The van der Waals surface area contributed by atoms with Crippen molar-refractivity contribution in [3.63, 3.8) is 0 Å². The van der Waals surface area contributed by atoms with Crippen LogP contribution in [0.1, 0.15) is 44.9 Å². The van der Waals surface area contributed by atoms with Crippen molar-refractivity contribution in [2.45, 2.75) is 63.6 Å². The minimum absolute atomic E-state index is 0.324. The van der Waals surface area contributed by atoms with Gasteiger partial charge >= 0.3 is 0 Å². The number of amides is 1. The van der Waals surface area contributed by atoms with E-state index >= 15 is 0 Å². The Morgan fingerprint density at radius 2 is 2.09 bits per heavy atom. The molecule has 1 amide bonds. The summed E-state index contributed by atoms with van der Waals surface area (Å²) in [5.74, 6) is 2.56. The maximum atomic E-state index is 13.5. The van der Waals surface area contributed by atoms with E-state index in [1.807, 2.05) is 12.1 Å². The fraction of sp³-hybridized carbons (Fsp3) is 0.593. The molecule has 0 N–H and O–H groups in total. The predicted octanol–water partition coefficient (Wildman–Crippen LogP) is 4.46. The van der Waals surface area contributed by atoms with E-state index in [1.54, 1.807) is 12.7 Å². The highest BCUT2D eigenvalue weighted by atomic mass is 16.5. The highest BCUT2D eigenvalue weighted by Gasteiger charge is 2.46. The Bertz CT molecular complexity index is 1040. The molecule has 170 valence electrons. The van der Waals surface area contributed by atoms with Crippen LogP contribution in [0.15, 0.2) is 42.1 Å². The number of nitrogens with zero attached hydrogens (tertiary/aromatic N) is 3. The normalized spacial score (nSPS) is 29.9. The molecule has 6 rings (SSSR count). The number of piperidine rings is 3. The predicted molar refractivity (Wildman–Crippen MR) is 127 cm³/mol. The molecular formula is C27H35N3O2. The van der Waals surface area contributed by atoms with Gasteiger partial charge in [0.05, 0.1) is 18.7 Å². The first kappa shape index (κ1) is 20.3. The van der Waals surface area contributed by atoms with Crippen LogP contribution >= 0.6 is 0 Å². The number of hydrogen-bond donors (Lipinski definition) is 0. The second-order valence-corrected chi connectivity index (χ2v) is 10.2. The van der Waals surface area contributed by atoms with Gasteiger partial charge in [-0.15, -0.1) is 0 Å². The van der Waals surface area contributed by atoms with Crippen LogP contribution in [0.3, 0.4) is 0 Å². The van der Waals surface area contributed by atoms with Crippen molar-refractivity contribution in [2.75, 3.05) is 26.7 Å². The summed E-state index contributed by atoms with van der Waals surface area (Å²) in [6, 6.07) is 9.33. The van der Waals surface area contributed by atoms with Gasteiger partial charge in [0, 0.05) is 43.7 Å². The number of likely N-dealkylation sites (tertiary alicyclic amines) is 1. The molecule has 1 aliphatic carbocycles. The molecule has 1 aromatic heterocycles. The topological polar surface area (TPSA) is 37.7 Å². The highest BCUT2D eigenvalue weighted by molar-refractivity contribution is 5.86. The van der Waals surface area contributed by atoms with Crippen LogP contribution in [0, 0.1) is 11.8 Å². The van der Waals surface area contributed by atoms with Crippen molar-refractivity contribution in [2.24, 2.45) is 11.8 Å². The van der Waals surface area contributed by atoms with Gasteiger partial charge < -0.3 is 14.2 Å². The molecule has 5 heteroatoms. The molecular weight excluding hydrogens is 398 g/mol. The fourth-order valence-electron chi connectivity index (χ4n) is 7.18. The fourth-order valence-corrected chi connectivity index (χ4v) is 7.18. The molecule has 3 fully saturated rings. The van der Waals surface area contributed by atoms with E-state index in [4.69, 9.17) is 4.74 Å². The lowest BCUT2D eigenvalue weighted by atomic mass is 9.68. The number of aromatic nitrogens is 1. The molecule has 4 aliphatic rings. The van der Waals surface area contributed by atoms with Crippen LogP contribution < -0.4 is 4.74 Å². The monoisotopic (exact) mass is 433 g/mol. The molecule has 32 heavy (non-hydrogen) atoms. The van der Waals surface area contributed by atoms with Crippen molar-refractivity contribution < 1.29 is 9.53 Å². The molecule has 0 saturated carbocycles. The van der Waals surface area contributed by atoms with Crippen LogP contribution in [-0.2, 0) is 11.3 Å². The zero-order valence-electron chi connectivity index (χ0n) is 19.2. The number of hydrogen-bond acceptors (Lipinski definition) is 3. The number of rotatable bonds is 4. The molecule has 3 saturated heterocycles. The van der Waals surface area contributed by atoms with E-state index in [2.05, 4.69) is 38.8 Å². The van der Waals surface area contributed by atoms with Crippen LogP contribution in [-0.4, -0.2) is 59.1 Å². The Morgan fingerprint density at radius 1 is 1.16 bits per heavy atom. The molecule has 1 aromatic carbocycles. The van der Waals surface area contributed by atoms with E-state index in [9.17, 15) is 4.79 Å². The maximum absolute atomic E-state index is 13.5. The summed E-state index contributed by atoms with van der Waals surface area (Å²) in [5, 5.41) is 1.11. The van der Waals surface area contributed by atoms with E-state index < -0.39 is 0 Å². The molecule has 3 aliphatic heterocycles. The van der Waals surface area contributed by atoms with E-state index in [0.29, 0.717) is 24.3 Å². The molecule has 2 aromatic rings. The Balaban J connectivity index is 1.20. The highest BCUT2D eigenvalue weighted by Crippen LogP contribution is 2.45. The Hall–Kier alpha value is -2.27. The van der Waals surface area contributed by atoms with Crippen molar-refractivity contribution in [3.05, 3.63) is 42.1 Å². The van der Waals surface area contributed by atoms with Crippen LogP contribution in [0.25, 0.3) is 10.9 Å². The Morgan fingerprint density at radius 3 is 3.00 bits per heavy atom. The average molecular weight is 434 g/mol. The smallest absolute Gasteiger partial charge is 0.224 e. The minimum Gasteiger partial charge on any atom is -0.496 e. The molecule has 2 bridgehead atoms. The van der Waals surface area contributed by atoms with Gasteiger partial charge in [0.15, 0.2) is 0 Å². The van der Waals surface area contributed by atoms with Crippen molar-refractivity contribution in [1.29, 1.82) is 0 Å². The summed E-state index contributed by atoms with van der Waals surface area (Å²) in [4.78, 5) is 18.5. The van der Waals surface area contributed by atoms with Crippen molar-refractivity contribution in [1.82, 2.24) is 14.4 Å². The van der Waals surface area contributed by atoms with E-state index in [0.717, 1.165) is 48.1 Å². The largest absolute Gasteiger partial charge is 0.496 e. The number of aryl methyl sites for hydroxylation is 1. The first-order chi connectivity index (χ1) is 15.7. The first-order valence-electron chi connectivity index (χ1n) is 12.6. The summed E-state index contributed by atoms with van der Waals surface area (Å²) in [6.07, 6.45) is 12.9. The van der Waals surface area contributed by atoms with Gasteiger partial charge in [-0.25, -0.2) is 0 Å². The van der Waals surface area contributed by atoms with Gasteiger partial charge in [-0.2, -0.15) is 0 Å². The maximum Gasteiger partial charge on any atom is 0.224 e. The average Bonchev–Trinajstić information content (AvgIpc) is 3.25. The number of carbonyl (C=O) groups excluding carboxylic acids is 1. The molecule has 0 radical (unpaired) electrons. The lowest BCUT2D eigenvalue weighted by Crippen LogP contribution is -2.60. The van der Waals surface area contributed by atoms with Gasteiger partial charge in [-0.05, 0) is 68.7 Å². The zero-order valence-corrected chi connectivity index (χ0v) is 19.2. The van der Waals surface area contributed by atoms with Crippen molar-refractivity contribution in [3.8, 4) is 5.75 Å². The standard InChI is InChI=1S/C27H35N3O2/c1-32-25-9-4-8-24-22(25)10-14-28(24)15-11-26(31)30-13-5-6-19-16-20-17-21(27(19)30)18-29-12-3-2-7-23(20)29/h4,8-10,14,16,20-21,23,27H,2-3,5-7,11-13,15,17-18H2,1H3/t20-,21+,23-,27+/m0/s1. The summed E-state index contributed by atoms with van der Waals surface area (Å²) in [5.41, 5.74) is 2.72. The summed E-state index contributed by atoms with van der Waals surface area (Å²) >= 11 is 0. The number of carbonyl (C=O) groups is 1. The Labute approximate surface area is 191 Å². The molecule has 5 nitrogen and oxygen atoms in total. The number of benzene rings is 1. The number of fused-ring (bicyclic) bond motifs is 7. The second kappa shape index (κ2) is 8.26. The van der Waals surface area contributed by atoms with Gasteiger partial charge in [0.25, 0.3) is 0 Å². The zero-order chi connectivity index (χ0) is 21.7. The van der Waals surface area contributed by atoms with Gasteiger partial charge in [-0.3, -0.25) is 9.69 Å². The third-order valence-electron chi connectivity index (χ3n) is 8.54. The summed E-state index contributed by atoms with van der Waals surface area (Å²) < 4.78 is 7.70. The second-order valence-electron chi connectivity index (χ2n) is 10.2. The number of methoxy groups -OCH3 is 1. The van der Waals surface area contributed by atoms with Crippen molar-refractivity contribution >= 4 is 16.8 Å². The molecule has 4 heterocycles. The molecule has 0 spiro atoms. The minimum atomic E-state index is 0.324. The number of ether oxygens (including phenoxy) is 1. The van der Waals surface area contributed by atoms with E-state index in [-0.39, 0.29) is 0 Å². The van der Waals surface area contributed by atoms with Crippen LogP contribution in [0.2, 0.25) is 0 Å². The third kappa shape index (κ3) is 3.37. The molecule has 4 atom stereocenters. The first-order valence-corrected chi connectivity index (χ1v) is 12.6.